The Kier molecular flexibility index (Phi) is 14.1. The minimum absolute atomic E-state index is 0.0657. The molecule has 0 bridgehead atoms. The van der Waals surface area contributed by atoms with E-state index in [0.29, 0.717) is 12.8 Å². The van der Waals surface area contributed by atoms with Gasteiger partial charge in [-0.1, -0.05) is 52.4 Å². The zero-order chi connectivity index (χ0) is 16.6. The van der Waals surface area contributed by atoms with Crippen LogP contribution in [-0.4, -0.2) is 36.4 Å². The van der Waals surface area contributed by atoms with E-state index in [4.69, 9.17) is 9.47 Å². The molecule has 0 rings (SSSR count). The van der Waals surface area contributed by atoms with Gasteiger partial charge in [-0.25, -0.2) is 0 Å². The van der Waals surface area contributed by atoms with Crippen molar-refractivity contribution in [1.82, 2.24) is 0 Å². The summed E-state index contributed by atoms with van der Waals surface area (Å²) in [6.07, 6.45) is 8.05. The molecule has 0 aromatic rings. The Morgan fingerprint density at radius 3 is 1.91 bits per heavy atom. The van der Waals surface area contributed by atoms with Gasteiger partial charge in [0.2, 0.25) is 0 Å². The second-order valence-corrected chi connectivity index (χ2v) is 5.60. The maximum Gasteiger partial charge on any atom is 0.306 e. The van der Waals surface area contributed by atoms with Crippen LogP contribution in [0.4, 0.5) is 0 Å². The van der Waals surface area contributed by atoms with E-state index >= 15 is 0 Å². The fraction of sp³-hybridized carbons (Fsp3) is 0.882. The second kappa shape index (κ2) is 14.8. The highest BCUT2D eigenvalue weighted by molar-refractivity contribution is 5.70. The first-order chi connectivity index (χ1) is 10.6. The van der Waals surface area contributed by atoms with Gasteiger partial charge in [-0.2, -0.15) is 0 Å². The fourth-order valence-corrected chi connectivity index (χ4v) is 2.02. The van der Waals surface area contributed by atoms with Gasteiger partial charge in [0.15, 0.2) is 6.10 Å². The summed E-state index contributed by atoms with van der Waals surface area (Å²) in [4.78, 5) is 23.1. The van der Waals surface area contributed by atoms with Crippen molar-refractivity contribution in [3.05, 3.63) is 0 Å². The number of hydrogen-bond acceptors (Lipinski definition) is 5. The van der Waals surface area contributed by atoms with E-state index in [2.05, 4.69) is 13.8 Å². The van der Waals surface area contributed by atoms with Crippen molar-refractivity contribution in [3.8, 4) is 0 Å². The average Bonchev–Trinajstić information content (AvgIpc) is 2.52. The average molecular weight is 316 g/mol. The summed E-state index contributed by atoms with van der Waals surface area (Å²) in [6, 6.07) is 0. The molecule has 5 nitrogen and oxygen atoms in total. The number of carbonyl (C=O) groups excluding carboxylic acids is 2. The molecule has 1 unspecified atom stereocenters. The van der Waals surface area contributed by atoms with Crippen LogP contribution in [0.3, 0.4) is 0 Å². The van der Waals surface area contributed by atoms with Crippen LogP contribution >= 0.6 is 0 Å². The van der Waals surface area contributed by atoms with Gasteiger partial charge in [-0.05, 0) is 12.8 Å². The van der Waals surface area contributed by atoms with Crippen LogP contribution in [0, 0.1) is 0 Å². The predicted octanol–water partition coefficient (Wildman–Crippen LogP) is 3.37. The number of unbranched alkanes of at least 4 members (excludes halogenated alkanes) is 6. The topological polar surface area (TPSA) is 72.8 Å². The van der Waals surface area contributed by atoms with Gasteiger partial charge in [-0.3, -0.25) is 9.59 Å². The highest BCUT2D eigenvalue weighted by Gasteiger charge is 2.15. The lowest BCUT2D eigenvalue weighted by atomic mass is 10.1. The molecule has 0 aromatic carbocycles. The van der Waals surface area contributed by atoms with Crippen molar-refractivity contribution in [3.63, 3.8) is 0 Å². The summed E-state index contributed by atoms with van der Waals surface area (Å²) in [5.74, 6) is -0.636. The number of aliphatic hydroxyl groups excluding tert-OH is 1. The Labute approximate surface area is 134 Å². The van der Waals surface area contributed by atoms with Crippen LogP contribution in [0.25, 0.3) is 0 Å². The van der Waals surface area contributed by atoms with E-state index in [1.807, 2.05) is 0 Å². The first kappa shape index (κ1) is 20.9. The molecule has 22 heavy (non-hydrogen) atoms. The molecule has 0 saturated carbocycles. The molecule has 130 valence electrons. The summed E-state index contributed by atoms with van der Waals surface area (Å²) < 4.78 is 10.2. The molecule has 0 aliphatic rings. The maximum absolute atomic E-state index is 11.6. The lowest BCUT2D eigenvalue weighted by Gasteiger charge is -2.15. The lowest BCUT2D eigenvalue weighted by molar-refractivity contribution is -0.161. The highest BCUT2D eigenvalue weighted by Crippen LogP contribution is 2.07. The predicted molar refractivity (Wildman–Crippen MR) is 85.4 cm³/mol. The van der Waals surface area contributed by atoms with E-state index in [-0.39, 0.29) is 25.2 Å². The normalized spacial score (nSPS) is 12.0. The third kappa shape index (κ3) is 12.6. The molecule has 0 aliphatic carbocycles. The molecular formula is C17H32O5. The molecule has 0 aliphatic heterocycles. The lowest BCUT2D eigenvalue weighted by Crippen LogP contribution is -2.28. The molecule has 0 amide bonds. The number of hydrogen-bond donors (Lipinski definition) is 1. The van der Waals surface area contributed by atoms with E-state index in [1.165, 1.54) is 0 Å². The minimum Gasteiger partial charge on any atom is -0.462 e. The monoisotopic (exact) mass is 316 g/mol. The van der Waals surface area contributed by atoms with Gasteiger partial charge in [0, 0.05) is 12.8 Å². The standard InChI is InChI=1S/C17H32O5/c1-3-5-7-9-11-16(19)21-14-15(13-18)22-17(20)12-10-8-6-4-2/h15,18H,3-14H2,1-2H3. The van der Waals surface area contributed by atoms with Crippen molar-refractivity contribution >= 4 is 11.9 Å². The van der Waals surface area contributed by atoms with E-state index in [1.54, 1.807) is 0 Å². The number of aliphatic hydroxyl groups is 1. The minimum atomic E-state index is -0.752. The van der Waals surface area contributed by atoms with Crippen molar-refractivity contribution in [2.75, 3.05) is 13.2 Å². The van der Waals surface area contributed by atoms with Gasteiger partial charge in [-0.15, -0.1) is 0 Å². The molecule has 0 aromatic heterocycles. The van der Waals surface area contributed by atoms with Gasteiger partial charge in [0.05, 0.1) is 6.61 Å². The quantitative estimate of drug-likeness (QED) is 0.393. The molecule has 0 heterocycles. The maximum atomic E-state index is 11.6. The van der Waals surface area contributed by atoms with Crippen LogP contribution in [-0.2, 0) is 19.1 Å². The third-order valence-corrected chi connectivity index (χ3v) is 3.40. The first-order valence-corrected chi connectivity index (χ1v) is 8.59. The Morgan fingerprint density at radius 2 is 1.41 bits per heavy atom. The molecule has 1 N–H and O–H groups in total. The van der Waals surface area contributed by atoms with Crippen LogP contribution in [0.1, 0.15) is 78.1 Å². The summed E-state index contributed by atoms with van der Waals surface area (Å²) in [5, 5.41) is 9.17. The molecule has 1 atom stereocenters. The van der Waals surface area contributed by atoms with Gasteiger partial charge in [0.25, 0.3) is 0 Å². The SMILES string of the molecule is CCCCCCC(=O)OCC(CO)OC(=O)CCCCCC. The highest BCUT2D eigenvalue weighted by atomic mass is 16.6. The van der Waals surface area contributed by atoms with Gasteiger partial charge >= 0.3 is 11.9 Å². The fourth-order valence-electron chi connectivity index (χ4n) is 2.02. The van der Waals surface area contributed by atoms with Crippen LogP contribution in [0.2, 0.25) is 0 Å². The van der Waals surface area contributed by atoms with Crippen molar-refractivity contribution < 1.29 is 24.2 Å². The molecule has 0 saturated heterocycles. The Morgan fingerprint density at radius 1 is 0.864 bits per heavy atom. The summed E-state index contributed by atoms with van der Waals surface area (Å²) in [7, 11) is 0. The number of carbonyl (C=O) groups is 2. The van der Waals surface area contributed by atoms with Gasteiger partial charge in [0.1, 0.15) is 6.61 Å². The Bertz CT molecular complexity index is 291. The van der Waals surface area contributed by atoms with Crippen LogP contribution in [0.5, 0.6) is 0 Å². The Hall–Kier alpha value is -1.10. The molecule has 0 fully saturated rings. The summed E-state index contributed by atoms with van der Waals surface area (Å²) in [6.45, 7) is 3.82. The van der Waals surface area contributed by atoms with Gasteiger partial charge < -0.3 is 14.6 Å². The van der Waals surface area contributed by atoms with E-state index in [9.17, 15) is 14.7 Å². The summed E-state index contributed by atoms with van der Waals surface area (Å²) >= 11 is 0. The van der Waals surface area contributed by atoms with Crippen LogP contribution < -0.4 is 0 Å². The van der Waals surface area contributed by atoms with Crippen molar-refractivity contribution in [2.24, 2.45) is 0 Å². The largest absolute Gasteiger partial charge is 0.462 e. The third-order valence-electron chi connectivity index (χ3n) is 3.40. The summed E-state index contributed by atoms with van der Waals surface area (Å²) in [5.41, 5.74) is 0. The molecule has 5 heteroatoms. The first-order valence-electron chi connectivity index (χ1n) is 8.59. The zero-order valence-electron chi connectivity index (χ0n) is 14.1. The van der Waals surface area contributed by atoms with Crippen LogP contribution in [0.15, 0.2) is 0 Å². The Balaban J connectivity index is 3.76. The second-order valence-electron chi connectivity index (χ2n) is 5.60. The smallest absolute Gasteiger partial charge is 0.306 e. The number of rotatable bonds is 14. The molecule has 0 spiro atoms. The van der Waals surface area contributed by atoms with E-state index in [0.717, 1.165) is 51.4 Å². The van der Waals surface area contributed by atoms with Crippen molar-refractivity contribution in [2.45, 2.75) is 84.2 Å². The molecular weight excluding hydrogens is 284 g/mol. The zero-order valence-corrected chi connectivity index (χ0v) is 14.1. The number of ether oxygens (including phenoxy) is 2. The van der Waals surface area contributed by atoms with E-state index < -0.39 is 6.10 Å². The molecule has 0 radical (unpaired) electrons. The number of esters is 2. The van der Waals surface area contributed by atoms with Crippen molar-refractivity contribution in [1.29, 1.82) is 0 Å².